The van der Waals surface area contributed by atoms with Crippen molar-refractivity contribution in [1.29, 1.82) is 0 Å². The fourth-order valence-corrected chi connectivity index (χ4v) is 3.96. The maximum atomic E-state index is 12.7. The predicted molar refractivity (Wildman–Crippen MR) is 93.9 cm³/mol. The number of urea groups is 1. The lowest BCUT2D eigenvalue weighted by molar-refractivity contribution is 0.166. The van der Waals surface area contributed by atoms with Gasteiger partial charge in [-0.1, -0.05) is 19.3 Å². The van der Waals surface area contributed by atoms with E-state index in [9.17, 15) is 4.79 Å². The molecule has 1 aromatic heterocycles. The summed E-state index contributed by atoms with van der Waals surface area (Å²) in [5, 5.41) is 2.98. The smallest absolute Gasteiger partial charge is 0.323 e. The van der Waals surface area contributed by atoms with Crippen molar-refractivity contribution in [3.8, 4) is 0 Å². The molecule has 126 valence electrons. The standard InChI is InChI=1S/C18H28N4O/c1-21(2)15-10-11-17(19-13-15)20-18(23)22-12-6-9-16(22)14-7-4-3-5-8-14/h10-11,13-14,16H,3-9,12H2,1-2H3,(H,19,20,23). The fraction of sp³-hybridized carbons (Fsp3) is 0.667. The molecule has 5 heteroatoms. The molecule has 5 nitrogen and oxygen atoms in total. The van der Waals surface area contributed by atoms with E-state index in [-0.39, 0.29) is 6.03 Å². The lowest BCUT2D eigenvalue weighted by Crippen LogP contribution is -2.43. The molecule has 0 radical (unpaired) electrons. The van der Waals surface area contributed by atoms with E-state index in [1.165, 1.54) is 32.1 Å². The predicted octanol–water partition coefficient (Wildman–Crippen LogP) is 3.72. The van der Waals surface area contributed by atoms with E-state index in [0.717, 1.165) is 25.1 Å². The normalized spacial score (nSPS) is 22.2. The Bertz CT molecular complexity index is 522. The van der Waals surface area contributed by atoms with Crippen LogP contribution in [0.2, 0.25) is 0 Å². The molecule has 2 fully saturated rings. The van der Waals surface area contributed by atoms with Gasteiger partial charge < -0.3 is 9.80 Å². The van der Waals surface area contributed by atoms with Crippen LogP contribution in [0, 0.1) is 5.92 Å². The van der Waals surface area contributed by atoms with Gasteiger partial charge in [-0.3, -0.25) is 5.32 Å². The van der Waals surface area contributed by atoms with Crippen LogP contribution in [-0.2, 0) is 0 Å². The Morgan fingerprint density at radius 1 is 1.17 bits per heavy atom. The number of hydrogen-bond acceptors (Lipinski definition) is 3. The Kier molecular flexibility index (Phi) is 5.03. The molecule has 1 atom stereocenters. The van der Waals surface area contributed by atoms with Crippen LogP contribution in [0.25, 0.3) is 0 Å². The monoisotopic (exact) mass is 316 g/mol. The van der Waals surface area contributed by atoms with Gasteiger partial charge in [-0.05, 0) is 43.7 Å². The highest BCUT2D eigenvalue weighted by atomic mass is 16.2. The first-order chi connectivity index (χ1) is 11.1. The molecular weight excluding hydrogens is 288 g/mol. The van der Waals surface area contributed by atoms with Gasteiger partial charge in [0, 0.05) is 26.7 Å². The van der Waals surface area contributed by atoms with E-state index in [0.29, 0.717) is 17.8 Å². The number of likely N-dealkylation sites (tertiary alicyclic amines) is 1. The molecule has 1 saturated heterocycles. The van der Waals surface area contributed by atoms with Gasteiger partial charge in [0.1, 0.15) is 5.82 Å². The molecule has 0 spiro atoms. The minimum Gasteiger partial charge on any atom is -0.376 e. The number of pyridine rings is 1. The Morgan fingerprint density at radius 3 is 2.61 bits per heavy atom. The first-order valence-corrected chi connectivity index (χ1v) is 8.86. The van der Waals surface area contributed by atoms with Crippen molar-refractivity contribution < 1.29 is 4.79 Å². The Hall–Kier alpha value is -1.78. The summed E-state index contributed by atoms with van der Waals surface area (Å²) >= 11 is 0. The molecule has 1 N–H and O–H groups in total. The van der Waals surface area contributed by atoms with Crippen LogP contribution in [0.5, 0.6) is 0 Å². The number of anilines is 2. The van der Waals surface area contributed by atoms with E-state index in [2.05, 4.69) is 15.2 Å². The van der Waals surface area contributed by atoms with Crippen molar-refractivity contribution in [2.24, 2.45) is 5.92 Å². The van der Waals surface area contributed by atoms with Gasteiger partial charge in [0.2, 0.25) is 0 Å². The summed E-state index contributed by atoms with van der Waals surface area (Å²) in [6, 6.07) is 4.30. The van der Waals surface area contributed by atoms with E-state index >= 15 is 0 Å². The first-order valence-electron chi connectivity index (χ1n) is 8.86. The average Bonchev–Trinajstić information content (AvgIpc) is 3.06. The summed E-state index contributed by atoms with van der Waals surface area (Å²) in [5.41, 5.74) is 1.03. The van der Waals surface area contributed by atoms with Crippen molar-refractivity contribution in [3.05, 3.63) is 18.3 Å². The molecule has 1 unspecified atom stereocenters. The summed E-state index contributed by atoms with van der Waals surface area (Å²) in [6.07, 6.45) is 10.6. The van der Waals surface area contributed by atoms with E-state index in [1.807, 2.05) is 31.1 Å². The number of nitrogens with zero attached hydrogens (tertiary/aromatic N) is 3. The number of amides is 2. The van der Waals surface area contributed by atoms with Crippen LogP contribution in [0.3, 0.4) is 0 Å². The second-order valence-corrected chi connectivity index (χ2v) is 7.03. The van der Waals surface area contributed by atoms with Gasteiger partial charge in [0.25, 0.3) is 0 Å². The second-order valence-electron chi connectivity index (χ2n) is 7.03. The van der Waals surface area contributed by atoms with Crippen LogP contribution < -0.4 is 10.2 Å². The second kappa shape index (κ2) is 7.20. The SMILES string of the molecule is CN(C)c1ccc(NC(=O)N2CCCC2C2CCCCC2)nc1. The molecule has 1 aromatic rings. The topological polar surface area (TPSA) is 48.5 Å². The van der Waals surface area contributed by atoms with Crippen LogP contribution >= 0.6 is 0 Å². The highest BCUT2D eigenvalue weighted by Crippen LogP contribution is 2.34. The summed E-state index contributed by atoms with van der Waals surface area (Å²) < 4.78 is 0. The van der Waals surface area contributed by atoms with Gasteiger partial charge in [-0.15, -0.1) is 0 Å². The fourth-order valence-electron chi connectivity index (χ4n) is 3.96. The Morgan fingerprint density at radius 2 is 1.96 bits per heavy atom. The summed E-state index contributed by atoms with van der Waals surface area (Å²) in [4.78, 5) is 21.1. The molecule has 3 rings (SSSR count). The number of nitrogens with one attached hydrogen (secondary N) is 1. The Labute approximate surface area is 139 Å². The zero-order chi connectivity index (χ0) is 16.2. The highest BCUT2D eigenvalue weighted by Gasteiger charge is 2.35. The van der Waals surface area contributed by atoms with Crippen molar-refractivity contribution in [2.75, 3.05) is 30.9 Å². The molecular formula is C18H28N4O. The van der Waals surface area contributed by atoms with Crippen molar-refractivity contribution in [1.82, 2.24) is 9.88 Å². The summed E-state index contributed by atoms with van der Waals surface area (Å²) in [5.74, 6) is 1.33. The number of hydrogen-bond donors (Lipinski definition) is 1. The zero-order valence-electron chi connectivity index (χ0n) is 14.3. The van der Waals surface area contributed by atoms with E-state index in [1.54, 1.807) is 6.20 Å². The average molecular weight is 316 g/mol. The Balaban J connectivity index is 1.62. The minimum atomic E-state index is 0.0168. The number of carbonyl (C=O) groups is 1. The van der Waals surface area contributed by atoms with Gasteiger partial charge in [-0.2, -0.15) is 0 Å². The molecule has 1 aliphatic heterocycles. The molecule has 2 aliphatic rings. The molecule has 23 heavy (non-hydrogen) atoms. The largest absolute Gasteiger partial charge is 0.376 e. The molecule has 1 saturated carbocycles. The molecule has 2 heterocycles. The van der Waals surface area contributed by atoms with Crippen molar-refractivity contribution in [2.45, 2.75) is 51.0 Å². The highest BCUT2D eigenvalue weighted by molar-refractivity contribution is 5.88. The van der Waals surface area contributed by atoms with Gasteiger partial charge in [-0.25, -0.2) is 9.78 Å². The third-order valence-electron chi connectivity index (χ3n) is 5.25. The van der Waals surface area contributed by atoms with E-state index in [4.69, 9.17) is 0 Å². The molecule has 0 bridgehead atoms. The molecule has 1 aliphatic carbocycles. The van der Waals surface area contributed by atoms with E-state index < -0.39 is 0 Å². The van der Waals surface area contributed by atoms with Gasteiger partial charge in [0.05, 0.1) is 11.9 Å². The van der Waals surface area contributed by atoms with Crippen LogP contribution in [0.1, 0.15) is 44.9 Å². The maximum absolute atomic E-state index is 12.7. The van der Waals surface area contributed by atoms with Crippen LogP contribution in [-0.4, -0.2) is 42.6 Å². The third-order valence-corrected chi connectivity index (χ3v) is 5.25. The number of rotatable bonds is 3. The lowest BCUT2D eigenvalue weighted by atomic mass is 9.83. The number of carbonyl (C=O) groups excluding carboxylic acids is 1. The third kappa shape index (κ3) is 3.77. The number of aromatic nitrogens is 1. The molecule has 2 amide bonds. The minimum absolute atomic E-state index is 0.0168. The summed E-state index contributed by atoms with van der Waals surface area (Å²) in [7, 11) is 3.96. The molecule has 0 aromatic carbocycles. The quantitative estimate of drug-likeness (QED) is 0.924. The van der Waals surface area contributed by atoms with Crippen LogP contribution in [0.15, 0.2) is 18.3 Å². The zero-order valence-corrected chi connectivity index (χ0v) is 14.3. The maximum Gasteiger partial charge on any atom is 0.323 e. The van der Waals surface area contributed by atoms with Gasteiger partial charge >= 0.3 is 6.03 Å². The van der Waals surface area contributed by atoms with Crippen molar-refractivity contribution in [3.63, 3.8) is 0 Å². The summed E-state index contributed by atoms with van der Waals surface area (Å²) in [6.45, 7) is 0.878. The first kappa shape index (κ1) is 16.1. The van der Waals surface area contributed by atoms with Crippen LogP contribution in [0.4, 0.5) is 16.3 Å². The lowest BCUT2D eigenvalue weighted by Gasteiger charge is -2.34. The van der Waals surface area contributed by atoms with Gasteiger partial charge in [0.15, 0.2) is 0 Å². The van der Waals surface area contributed by atoms with Crippen molar-refractivity contribution >= 4 is 17.5 Å².